The molecule has 4 nitrogen and oxygen atoms in total. The van der Waals surface area contributed by atoms with Gasteiger partial charge in [0.2, 0.25) is 5.88 Å². The van der Waals surface area contributed by atoms with Crippen LogP contribution in [0.4, 0.5) is 10.1 Å². The zero-order valence-electron chi connectivity index (χ0n) is 12.9. The van der Waals surface area contributed by atoms with Gasteiger partial charge >= 0.3 is 0 Å². The number of anilines is 1. The highest BCUT2D eigenvalue weighted by molar-refractivity contribution is 5.45. The molecule has 1 aromatic heterocycles. The van der Waals surface area contributed by atoms with Crippen molar-refractivity contribution >= 4 is 5.69 Å². The number of nitrogens with zero attached hydrogens (tertiary/aromatic N) is 1. The van der Waals surface area contributed by atoms with E-state index in [1.54, 1.807) is 30.3 Å². The third-order valence-corrected chi connectivity index (χ3v) is 3.47. The Labute approximate surface area is 139 Å². The number of pyridine rings is 1. The van der Waals surface area contributed by atoms with Gasteiger partial charge in [0.25, 0.3) is 0 Å². The van der Waals surface area contributed by atoms with Gasteiger partial charge in [-0.1, -0.05) is 42.5 Å². The van der Waals surface area contributed by atoms with Crippen LogP contribution in [-0.4, -0.2) is 10.1 Å². The first-order valence-electron chi connectivity index (χ1n) is 7.54. The van der Waals surface area contributed by atoms with Crippen molar-refractivity contribution in [3.63, 3.8) is 0 Å². The van der Waals surface area contributed by atoms with E-state index in [1.165, 1.54) is 12.3 Å². The van der Waals surface area contributed by atoms with Crippen LogP contribution < -0.4 is 10.1 Å². The van der Waals surface area contributed by atoms with Crippen molar-refractivity contribution in [1.29, 1.82) is 0 Å². The van der Waals surface area contributed by atoms with E-state index in [1.807, 2.05) is 30.3 Å². The summed E-state index contributed by atoms with van der Waals surface area (Å²) in [6.45, 7) is 0.420. The third kappa shape index (κ3) is 4.08. The molecule has 0 amide bonds. The number of halogens is 1. The maximum Gasteiger partial charge on any atom is 0.213 e. The SMILES string of the molecule is OC(Nc1ccccc1F)c1ccc(OCc2ccccc2)nc1. The van der Waals surface area contributed by atoms with Crippen molar-refractivity contribution in [3.05, 3.63) is 89.9 Å². The predicted molar refractivity (Wildman–Crippen MR) is 90.0 cm³/mol. The summed E-state index contributed by atoms with van der Waals surface area (Å²) in [5.41, 5.74) is 1.80. The van der Waals surface area contributed by atoms with Crippen LogP contribution in [0.3, 0.4) is 0 Å². The Kier molecular flexibility index (Phi) is 5.03. The van der Waals surface area contributed by atoms with E-state index in [0.29, 0.717) is 18.1 Å². The van der Waals surface area contributed by atoms with Crippen molar-refractivity contribution in [2.24, 2.45) is 0 Å². The molecule has 1 atom stereocenters. The molecule has 0 radical (unpaired) electrons. The molecule has 0 saturated carbocycles. The molecule has 24 heavy (non-hydrogen) atoms. The first kappa shape index (κ1) is 16.0. The van der Waals surface area contributed by atoms with Crippen LogP contribution >= 0.6 is 0 Å². The zero-order chi connectivity index (χ0) is 16.8. The molecular formula is C19H17FN2O2. The summed E-state index contributed by atoms with van der Waals surface area (Å²) >= 11 is 0. The van der Waals surface area contributed by atoms with Gasteiger partial charge in [-0.15, -0.1) is 0 Å². The molecule has 0 aliphatic rings. The smallest absolute Gasteiger partial charge is 0.213 e. The fraction of sp³-hybridized carbons (Fsp3) is 0.105. The van der Waals surface area contributed by atoms with Gasteiger partial charge in [0, 0.05) is 17.8 Å². The van der Waals surface area contributed by atoms with Crippen molar-refractivity contribution in [3.8, 4) is 5.88 Å². The number of rotatable bonds is 6. The van der Waals surface area contributed by atoms with Crippen LogP contribution in [0, 0.1) is 5.82 Å². The molecule has 0 saturated heterocycles. The molecule has 2 N–H and O–H groups in total. The van der Waals surface area contributed by atoms with Crippen molar-refractivity contribution in [2.45, 2.75) is 12.8 Å². The summed E-state index contributed by atoms with van der Waals surface area (Å²) in [5, 5.41) is 12.8. The number of benzene rings is 2. The van der Waals surface area contributed by atoms with E-state index in [4.69, 9.17) is 4.74 Å². The number of para-hydroxylation sites is 1. The third-order valence-electron chi connectivity index (χ3n) is 3.47. The minimum absolute atomic E-state index is 0.231. The molecular weight excluding hydrogens is 307 g/mol. The second-order valence-electron chi connectivity index (χ2n) is 5.23. The number of aromatic nitrogens is 1. The summed E-state index contributed by atoms with van der Waals surface area (Å²) in [4.78, 5) is 4.16. The lowest BCUT2D eigenvalue weighted by atomic mass is 10.2. The van der Waals surface area contributed by atoms with Gasteiger partial charge in [-0.3, -0.25) is 0 Å². The molecule has 3 rings (SSSR count). The van der Waals surface area contributed by atoms with E-state index in [2.05, 4.69) is 10.3 Å². The van der Waals surface area contributed by atoms with Crippen molar-refractivity contribution in [2.75, 3.05) is 5.32 Å². The van der Waals surface area contributed by atoms with Crippen LogP contribution in [0.15, 0.2) is 72.9 Å². The standard InChI is InChI=1S/C19H17FN2O2/c20-16-8-4-5-9-17(16)22-19(23)15-10-11-18(21-12-15)24-13-14-6-2-1-3-7-14/h1-12,19,22-23H,13H2. The second kappa shape index (κ2) is 7.57. The molecule has 1 unspecified atom stereocenters. The van der Waals surface area contributed by atoms with Crippen LogP contribution in [0.1, 0.15) is 17.4 Å². The Morgan fingerprint density at radius 1 is 1.00 bits per heavy atom. The Hall–Kier alpha value is -2.92. The van der Waals surface area contributed by atoms with E-state index >= 15 is 0 Å². The molecule has 2 aromatic carbocycles. The summed E-state index contributed by atoms with van der Waals surface area (Å²) in [6.07, 6.45) is 0.441. The quantitative estimate of drug-likeness (QED) is 0.675. The van der Waals surface area contributed by atoms with Gasteiger partial charge < -0.3 is 15.2 Å². The van der Waals surface area contributed by atoms with Gasteiger partial charge in [-0.2, -0.15) is 0 Å². The average Bonchev–Trinajstić information content (AvgIpc) is 2.63. The van der Waals surface area contributed by atoms with Crippen molar-refractivity contribution in [1.82, 2.24) is 4.98 Å². The van der Waals surface area contributed by atoms with E-state index in [0.717, 1.165) is 5.56 Å². The van der Waals surface area contributed by atoms with Gasteiger partial charge in [0.05, 0.1) is 5.69 Å². The Morgan fingerprint density at radius 2 is 1.75 bits per heavy atom. The topological polar surface area (TPSA) is 54.4 Å². The maximum atomic E-state index is 13.6. The lowest BCUT2D eigenvalue weighted by molar-refractivity contribution is 0.206. The Bertz CT molecular complexity index is 779. The number of aliphatic hydroxyl groups is 1. The van der Waals surface area contributed by atoms with E-state index in [-0.39, 0.29) is 5.69 Å². The summed E-state index contributed by atoms with van der Waals surface area (Å²) in [7, 11) is 0. The lowest BCUT2D eigenvalue weighted by Crippen LogP contribution is -2.11. The Balaban J connectivity index is 1.60. The fourth-order valence-corrected chi connectivity index (χ4v) is 2.18. The molecule has 3 aromatic rings. The van der Waals surface area contributed by atoms with Crippen LogP contribution in [0.25, 0.3) is 0 Å². The molecule has 0 bridgehead atoms. The van der Waals surface area contributed by atoms with Crippen LogP contribution in [0.5, 0.6) is 5.88 Å². The highest BCUT2D eigenvalue weighted by Gasteiger charge is 2.10. The number of hydrogen-bond acceptors (Lipinski definition) is 4. The molecule has 0 spiro atoms. The van der Waals surface area contributed by atoms with Gasteiger partial charge in [-0.05, 0) is 23.8 Å². The van der Waals surface area contributed by atoms with Gasteiger partial charge in [0.1, 0.15) is 12.4 Å². The van der Waals surface area contributed by atoms with Crippen molar-refractivity contribution < 1.29 is 14.2 Å². The number of aliphatic hydroxyl groups excluding tert-OH is 1. The van der Waals surface area contributed by atoms with Crippen LogP contribution in [0.2, 0.25) is 0 Å². The predicted octanol–water partition coefficient (Wildman–Crippen LogP) is 3.90. The first-order valence-corrected chi connectivity index (χ1v) is 7.54. The monoisotopic (exact) mass is 324 g/mol. The molecule has 122 valence electrons. The molecule has 0 fully saturated rings. The first-order chi connectivity index (χ1) is 11.7. The lowest BCUT2D eigenvalue weighted by Gasteiger charge is -2.15. The zero-order valence-corrected chi connectivity index (χ0v) is 12.9. The van der Waals surface area contributed by atoms with E-state index < -0.39 is 12.0 Å². The summed E-state index contributed by atoms with van der Waals surface area (Å²) < 4.78 is 19.2. The normalized spacial score (nSPS) is 11.8. The van der Waals surface area contributed by atoms with Crippen LogP contribution in [-0.2, 0) is 6.61 Å². The van der Waals surface area contributed by atoms with Gasteiger partial charge in [0.15, 0.2) is 6.23 Å². The summed E-state index contributed by atoms with van der Waals surface area (Å²) in [6, 6.07) is 19.3. The fourth-order valence-electron chi connectivity index (χ4n) is 2.18. The minimum Gasteiger partial charge on any atom is -0.473 e. The average molecular weight is 324 g/mol. The number of ether oxygens (including phenoxy) is 1. The second-order valence-corrected chi connectivity index (χ2v) is 5.23. The van der Waals surface area contributed by atoms with Gasteiger partial charge in [-0.25, -0.2) is 9.37 Å². The number of nitrogens with one attached hydrogen (secondary N) is 1. The molecule has 5 heteroatoms. The highest BCUT2D eigenvalue weighted by atomic mass is 19.1. The number of hydrogen-bond donors (Lipinski definition) is 2. The minimum atomic E-state index is -1.06. The molecule has 0 aliphatic heterocycles. The highest BCUT2D eigenvalue weighted by Crippen LogP contribution is 2.20. The van der Waals surface area contributed by atoms with E-state index in [9.17, 15) is 9.50 Å². The molecule has 0 aliphatic carbocycles. The molecule has 1 heterocycles. The summed E-state index contributed by atoms with van der Waals surface area (Å²) in [5.74, 6) is 0.0352. The maximum absolute atomic E-state index is 13.6. The largest absolute Gasteiger partial charge is 0.473 e. The Morgan fingerprint density at radius 3 is 2.46 bits per heavy atom.